The second-order valence-electron chi connectivity index (χ2n) is 1.82. The Kier molecular flexibility index (Phi) is 3.03. The van der Waals surface area contributed by atoms with Gasteiger partial charge in [0.1, 0.15) is 12.7 Å². The predicted molar refractivity (Wildman–Crippen MR) is 29.6 cm³/mol. The van der Waals surface area contributed by atoms with Gasteiger partial charge in [-0.05, 0) is 6.92 Å². The van der Waals surface area contributed by atoms with Crippen LogP contribution < -0.4 is 0 Å². The Labute approximate surface area is 53.1 Å². The van der Waals surface area contributed by atoms with Gasteiger partial charge in [0.2, 0.25) is 0 Å². The molecule has 0 rings (SSSR count). The van der Waals surface area contributed by atoms with E-state index in [2.05, 4.69) is 4.74 Å². The van der Waals surface area contributed by atoms with Crippen LogP contribution in [-0.4, -0.2) is 35.9 Å². The molecule has 0 heterocycles. The zero-order valence-electron chi connectivity index (χ0n) is 5.47. The molecule has 56 valence electrons. The maximum atomic E-state index is 12.7. The van der Waals surface area contributed by atoms with Crippen molar-refractivity contribution in [1.29, 1.82) is 0 Å². The van der Waals surface area contributed by atoms with E-state index in [1.54, 1.807) is 0 Å². The fraction of sp³-hybridized carbons (Fsp3) is 1.00. The van der Waals surface area contributed by atoms with Crippen molar-refractivity contribution in [3.8, 4) is 0 Å². The molecule has 0 aromatic rings. The number of alkyl halides is 1. The number of aliphatic hydroxyl groups excluding tert-OH is 2. The van der Waals surface area contributed by atoms with Crippen molar-refractivity contribution < 1.29 is 19.3 Å². The summed E-state index contributed by atoms with van der Waals surface area (Å²) < 4.78 is 16.8. The van der Waals surface area contributed by atoms with Crippen LogP contribution in [0.15, 0.2) is 0 Å². The lowest BCUT2D eigenvalue weighted by Crippen LogP contribution is -2.41. The molecule has 0 aromatic heterocycles. The zero-order valence-corrected chi connectivity index (χ0v) is 5.47. The van der Waals surface area contributed by atoms with E-state index in [1.807, 2.05) is 0 Å². The number of hydrogen-bond donors (Lipinski definition) is 2. The summed E-state index contributed by atoms with van der Waals surface area (Å²) in [5.41, 5.74) is 0. The van der Waals surface area contributed by atoms with Gasteiger partial charge in [-0.1, -0.05) is 0 Å². The summed E-state index contributed by atoms with van der Waals surface area (Å²) in [4.78, 5) is 0. The van der Waals surface area contributed by atoms with E-state index in [0.717, 1.165) is 7.11 Å². The highest BCUT2D eigenvalue weighted by atomic mass is 19.2. The average molecular weight is 138 g/mol. The number of halogens is 1. The van der Waals surface area contributed by atoms with Crippen molar-refractivity contribution in [2.75, 3.05) is 13.7 Å². The van der Waals surface area contributed by atoms with Gasteiger partial charge in [-0.2, -0.15) is 0 Å². The molecule has 0 aliphatic rings. The Bertz CT molecular complexity index is 80.3. The normalized spacial score (nSPS) is 21.0. The molecule has 2 N–H and O–H groups in total. The molecule has 0 saturated heterocycles. The largest absolute Gasteiger partial charge is 0.390 e. The fourth-order valence-corrected chi connectivity index (χ4v) is 0.367. The van der Waals surface area contributed by atoms with E-state index in [0.29, 0.717) is 0 Å². The fourth-order valence-electron chi connectivity index (χ4n) is 0.367. The Morgan fingerprint density at radius 1 is 1.78 bits per heavy atom. The van der Waals surface area contributed by atoms with Crippen LogP contribution in [0.1, 0.15) is 6.92 Å². The zero-order chi connectivity index (χ0) is 7.49. The Morgan fingerprint density at radius 3 is 2.22 bits per heavy atom. The van der Waals surface area contributed by atoms with Crippen molar-refractivity contribution in [2.45, 2.75) is 18.9 Å². The molecule has 3 nitrogen and oxygen atoms in total. The lowest BCUT2D eigenvalue weighted by Gasteiger charge is -2.23. The van der Waals surface area contributed by atoms with E-state index >= 15 is 0 Å². The lowest BCUT2D eigenvalue weighted by atomic mass is 10.2. The summed E-state index contributed by atoms with van der Waals surface area (Å²) in [7, 11) is 1.09. The molecule has 9 heavy (non-hydrogen) atoms. The Balaban J connectivity index is 3.92. The van der Waals surface area contributed by atoms with Crippen molar-refractivity contribution in [2.24, 2.45) is 0 Å². The lowest BCUT2D eigenvalue weighted by molar-refractivity contribution is -0.206. The average Bonchev–Trinajstić information content (AvgIpc) is 1.86. The molecule has 0 aromatic carbocycles. The van der Waals surface area contributed by atoms with Crippen molar-refractivity contribution in [3.63, 3.8) is 0 Å². The van der Waals surface area contributed by atoms with Gasteiger partial charge in [0.05, 0.1) is 0 Å². The summed E-state index contributed by atoms with van der Waals surface area (Å²) in [6, 6.07) is 0. The van der Waals surface area contributed by atoms with Gasteiger partial charge in [-0.3, -0.25) is 0 Å². The van der Waals surface area contributed by atoms with Gasteiger partial charge in [-0.15, -0.1) is 0 Å². The molecule has 0 aliphatic heterocycles. The van der Waals surface area contributed by atoms with Crippen LogP contribution in [0.5, 0.6) is 0 Å². The highest BCUT2D eigenvalue weighted by Gasteiger charge is 2.34. The maximum Gasteiger partial charge on any atom is 0.258 e. The van der Waals surface area contributed by atoms with Gasteiger partial charge in [0, 0.05) is 7.11 Å². The number of hydrogen-bond acceptors (Lipinski definition) is 3. The molecule has 0 radical (unpaired) electrons. The van der Waals surface area contributed by atoms with Crippen LogP contribution >= 0.6 is 0 Å². The summed E-state index contributed by atoms with van der Waals surface area (Å²) in [6.07, 6.45) is -1.31. The van der Waals surface area contributed by atoms with Crippen molar-refractivity contribution in [3.05, 3.63) is 0 Å². The van der Waals surface area contributed by atoms with E-state index in [4.69, 9.17) is 10.2 Å². The first-order chi connectivity index (χ1) is 4.06. The third-order valence-electron chi connectivity index (χ3n) is 1.18. The van der Waals surface area contributed by atoms with Gasteiger partial charge in [0.25, 0.3) is 5.85 Å². The molecule has 0 amide bonds. The van der Waals surface area contributed by atoms with Crippen LogP contribution in [0.25, 0.3) is 0 Å². The number of aliphatic hydroxyl groups is 2. The van der Waals surface area contributed by atoms with Crippen LogP contribution in [0.3, 0.4) is 0 Å². The molecule has 2 atom stereocenters. The number of methoxy groups -OCH3 is 1. The van der Waals surface area contributed by atoms with Crippen LogP contribution in [0.2, 0.25) is 0 Å². The standard InChI is InChI=1S/C5H11FO3/c1-4(8)5(6,3-7)9-2/h4,7-8H,3H2,1-2H3/t4-,5+/m0/s1. The highest BCUT2D eigenvalue weighted by molar-refractivity contribution is 4.71. The molecule has 0 fully saturated rings. The Hall–Kier alpha value is -0.190. The van der Waals surface area contributed by atoms with Crippen LogP contribution in [-0.2, 0) is 4.74 Å². The topological polar surface area (TPSA) is 49.7 Å². The van der Waals surface area contributed by atoms with Crippen LogP contribution in [0.4, 0.5) is 4.39 Å². The third kappa shape index (κ3) is 1.89. The summed E-state index contributed by atoms with van der Waals surface area (Å²) in [5, 5.41) is 16.9. The highest BCUT2D eigenvalue weighted by Crippen LogP contribution is 2.15. The first-order valence-electron chi connectivity index (χ1n) is 2.60. The van der Waals surface area contributed by atoms with Gasteiger partial charge < -0.3 is 14.9 Å². The molecule has 0 unspecified atom stereocenters. The quantitative estimate of drug-likeness (QED) is 0.561. The van der Waals surface area contributed by atoms with Crippen LogP contribution in [0, 0.1) is 0 Å². The predicted octanol–water partition coefficient (Wildman–Crippen LogP) is -0.328. The minimum absolute atomic E-state index is 0.832. The van der Waals surface area contributed by atoms with Gasteiger partial charge >= 0.3 is 0 Å². The molecule has 0 spiro atoms. The molecule has 0 bridgehead atoms. The first-order valence-corrected chi connectivity index (χ1v) is 2.60. The maximum absolute atomic E-state index is 12.7. The van der Waals surface area contributed by atoms with E-state index < -0.39 is 18.6 Å². The molecule has 0 saturated carbocycles. The second kappa shape index (κ2) is 3.10. The number of rotatable bonds is 3. The van der Waals surface area contributed by atoms with E-state index in [1.165, 1.54) is 6.92 Å². The minimum atomic E-state index is -2.31. The molecular weight excluding hydrogens is 127 g/mol. The van der Waals surface area contributed by atoms with Gasteiger partial charge in [0.15, 0.2) is 0 Å². The SMILES string of the molecule is CO[C@](F)(CO)[C@H](C)O. The van der Waals surface area contributed by atoms with E-state index in [9.17, 15) is 4.39 Å². The van der Waals surface area contributed by atoms with Gasteiger partial charge in [-0.25, -0.2) is 4.39 Å². The second-order valence-corrected chi connectivity index (χ2v) is 1.82. The first kappa shape index (κ1) is 8.81. The van der Waals surface area contributed by atoms with E-state index in [-0.39, 0.29) is 0 Å². The third-order valence-corrected chi connectivity index (χ3v) is 1.18. The molecular formula is C5H11FO3. The summed E-state index contributed by atoms with van der Waals surface area (Å²) >= 11 is 0. The summed E-state index contributed by atoms with van der Waals surface area (Å²) in [5.74, 6) is -2.31. The summed E-state index contributed by atoms with van der Waals surface area (Å²) in [6.45, 7) is 0.376. The molecule has 0 aliphatic carbocycles. The minimum Gasteiger partial charge on any atom is -0.390 e. The smallest absolute Gasteiger partial charge is 0.258 e. The van der Waals surface area contributed by atoms with Crippen molar-refractivity contribution >= 4 is 0 Å². The number of ether oxygens (including phenoxy) is 1. The van der Waals surface area contributed by atoms with Crippen molar-refractivity contribution in [1.82, 2.24) is 0 Å². The Morgan fingerprint density at radius 2 is 2.22 bits per heavy atom. The molecule has 4 heteroatoms. The monoisotopic (exact) mass is 138 g/mol.